The third kappa shape index (κ3) is 3.73. The van der Waals surface area contributed by atoms with Gasteiger partial charge in [0.2, 0.25) is 0 Å². The molecule has 1 fully saturated rings. The molecule has 4 nitrogen and oxygen atoms in total. The quantitative estimate of drug-likeness (QED) is 0.733. The summed E-state index contributed by atoms with van der Waals surface area (Å²) in [5.41, 5.74) is 5.65. The van der Waals surface area contributed by atoms with Crippen LogP contribution in [-0.4, -0.2) is 50.0 Å². The van der Waals surface area contributed by atoms with Gasteiger partial charge < -0.3 is 5.73 Å². The zero-order valence-electron chi connectivity index (χ0n) is 8.64. The van der Waals surface area contributed by atoms with E-state index in [1.165, 1.54) is 0 Å². The molecule has 1 aliphatic rings. The Balaban J connectivity index is 0.00000169. The van der Waals surface area contributed by atoms with Gasteiger partial charge in [-0.3, -0.25) is 4.90 Å². The van der Waals surface area contributed by atoms with Gasteiger partial charge in [0, 0.05) is 25.7 Å². The van der Waals surface area contributed by atoms with Gasteiger partial charge in [-0.2, -0.15) is 0 Å². The molecule has 2 N–H and O–H groups in total. The highest BCUT2D eigenvalue weighted by Crippen LogP contribution is 2.11. The summed E-state index contributed by atoms with van der Waals surface area (Å²) in [5.74, 6) is 0.279. The van der Waals surface area contributed by atoms with E-state index in [1.807, 2.05) is 6.92 Å². The molecular formula is C8H19ClN2O2S. The fourth-order valence-electron chi connectivity index (χ4n) is 1.60. The van der Waals surface area contributed by atoms with Gasteiger partial charge in [0.05, 0.1) is 11.0 Å². The van der Waals surface area contributed by atoms with E-state index in [4.69, 9.17) is 5.73 Å². The van der Waals surface area contributed by atoms with Crippen molar-refractivity contribution in [2.45, 2.75) is 25.1 Å². The molecule has 1 rings (SSSR count). The number of rotatable bonds is 2. The summed E-state index contributed by atoms with van der Waals surface area (Å²) in [5, 5.41) is -0.236. The van der Waals surface area contributed by atoms with Crippen molar-refractivity contribution in [2.24, 2.45) is 5.73 Å². The molecule has 2 unspecified atom stereocenters. The summed E-state index contributed by atoms with van der Waals surface area (Å²) in [4.78, 5) is 2.12. The molecule has 1 aliphatic heterocycles. The lowest BCUT2D eigenvalue weighted by atomic mass is 10.3. The molecule has 0 saturated carbocycles. The van der Waals surface area contributed by atoms with E-state index in [1.54, 1.807) is 6.92 Å². The summed E-state index contributed by atoms with van der Waals surface area (Å²) < 4.78 is 22.7. The first-order chi connectivity index (χ1) is 5.92. The van der Waals surface area contributed by atoms with Crippen molar-refractivity contribution in [2.75, 3.05) is 25.4 Å². The summed E-state index contributed by atoms with van der Waals surface area (Å²) in [6, 6.07) is 0.119. The van der Waals surface area contributed by atoms with Crippen LogP contribution in [-0.2, 0) is 9.84 Å². The Bertz CT molecular complexity index is 267. The molecule has 1 heterocycles. The van der Waals surface area contributed by atoms with Crippen molar-refractivity contribution in [3.8, 4) is 0 Å². The normalized spacial score (nSPS) is 29.2. The Morgan fingerprint density at radius 1 is 1.57 bits per heavy atom. The van der Waals surface area contributed by atoms with Crippen LogP contribution in [0.2, 0.25) is 0 Å². The molecule has 0 aliphatic carbocycles. The van der Waals surface area contributed by atoms with Gasteiger partial charge in [0.25, 0.3) is 0 Å². The van der Waals surface area contributed by atoms with Crippen molar-refractivity contribution in [1.82, 2.24) is 4.90 Å². The smallest absolute Gasteiger partial charge is 0.155 e. The van der Waals surface area contributed by atoms with Gasteiger partial charge in [-0.05, 0) is 13.8 Å². The Labute approximate surface area is 92.2 Å². The molecule has 0 aromatic carbocycles. The van der Waals surface area contributed by atoms with Crippen LogP contribution in [0.4, 0.5) is 0 Å². The Kier molecular flexibility index (Phi) is 5.36. The molecule has 6 heteroatoms. The molecule has 86 valence electrons. The van der Waals surface area contributed by atoms with Gasteiger partial charge >= 0.3 is 0 Å². The van der Waals surface area contributed by atoms with E-state index >= 15 is 0 Å². The molecule has 2 atom stereocenters. The SMILES string of the molecule is CC(N)CN1CCS(=O)(=O)C(C)C1.Cl. The number of nitrogens with zero attached hydrogens (tertiary/aromatic N) is 1. The van der Waals surface area contributed by atoms with E-state index in [0.29, 0.717) is 13.1 Å². The van der Waals surface area contributed by atoms with Gasteiger partial charge in [-0.25, -0.2) is 8.42 Å². The molecule has 0 bridgehead atoms. The van der Waals surface area contributed by atoms with Crippen molar-refractivity contribution in [3.05, 3.63) is 0 Å². The number of sulfone groups is 1. The van der Waals surface area contributed by atoms with Gasteiger partial charge in [0.1, 0.15) is 0 Å². The lowest BCUT2D eigenvalue weighted by Crippen LogP contribution is -2.48. The van der Waals surface area contributed by atoms with Crippen LogP contribution in [0.15, 0.2) is 0 Å². The molecule has 1 saturated heterocycles. The molecule has 0 aromatic heterocycles. The molecule has 0 spiro atoms. The second-order valence-corrected chi connectivity index (χ2v) is 6.45. The van der Waals surface area contributed by atoms with Crippen LogP contribution in [0, 0.1) is 0 Å². The molecule has 0 aromatic rings. The zero-order valence-corrected chi connectivity index (χ0v) is 10.3. The molecule has 0 radical (unpaired) electrons. The van der Waals surface area contributed by atoms with Crippen LogP contribution in [0.25, 0.3) is 0 Å². The predicted molar refractivity (Wildman–Crippen MR) is 60.6 cm³/mol. The Morgan fingerprint density at radius 2 is 2.14 bits per heavy atom. The second kappa shape index (κ2) is 5.30. The van der Waals surface area contributed by atoms with Crippen LogP contribution < -0.4 is 5.73 Å². The average molecular weight is 243 g/mol. The maximum Gasteiger partial charge on any atom is 0.155 e. The summed E-state index contributed by atoms with van der Waals surface area (Å²) >= 11 is 0. The Morgan fingerprint density at radius 3 is 2.57 bits per heavy atom. The highest BCUT2D eigenvalue weighted by molar-refractivity contribution is 7.92. The fourth-order valence-corrected chi connectivity index (χ4v) is 2.95. The number of halogens is 1. The van der Waals surface area contributed by atoms with Crippen molar-refractivity contribution >= 4 is 22.2 Å². The van der Waals surface area contributed by atoms with E-state index in [-0.39, 0.29) is 29.5 Å². The fraction of sp³-hybridized carbons (Fsp3) is 1.00. The van der Waals surface area contributed by atoms with Gasteiger partial charge in [-0.15, -0.1) is 12.4 Å². The largest absolute Gasteiger partial charge is 0.327 e. The Hall–Kier alpha value is 0.160. The van der Waals surface area contributed by atoms with Crippen molar-refractivity contribution < 1.29 is 8.42 Å². The maximum absolute atomic E-state index is 11.4. The van der Waals surface area contributed by atoms with E-state index < -0.39 is 9.84 Å². The van der Waals surface area contributed by atoms with Crippen LogP contribution in [0.1, 0.15) is 13.8 Å². The van der Waals surface area contributed by atoms with Crippen LogP contribution >= 0.6 is 12.4 Å². The first-order valence-corrected chi connectivity index (χ1v) is 6.33. The number of hydrogen-bond donors (Lipinski definition) is 1. The molecular weight excluding hydrogens is 224 g/mol. The second-order valence-electron chi connectivity index (χ2n) is 3.91. The van der Waals surface area contributed by atoms with Crippen molar-refractivity contribution in [3.63, 3.8) is 0 Å². The summed E-state index contributed by atoms with van der Waals surface area (Å²) in [7, 11) is -2.81. The monoisotopic (exact) mass is 242 g/mol. The number of nitrogens with two attached hydrogens (primary N) is 1. The molecule has 14 heavy (non-hydrogen) atoms. The highest BCUT2D eigenvalue weighted by atomic mass is 35.5. The lowest BCUT2D eigenvalue weighted by Gasteiger charge is -2.31. The highest BCUT2D eigenvalue weighted by Gasteiger charge is 2.29. The average Bonchev–Trinajstić information content (AvgIpc) is 1.97. The minimum Gasteiger partial charge on any atom is -0.327 e. The topological polar surface area (TPSA) is 63.4 Å². The van der Waals surface area contributed by atoms with Crippen LogP contribution in [0.3, 0.4) is 0 Å². The van der Waals surface area contributed by atoms with E-state index in [0.717, 1.165) is 6.54 Å². The zero-order chi connectivity index (χ0) is 10.1. The first-order valence-electron chi connectivity index (χ1n) is 4.61. The minimum atomic E-state index is -2.81. The summed E-state index contributed by atoms with van der Waals surface area (Å²) in [6.07, 6.45) is 0. The lowest BCUT2D eigenvalue weighted by molar-refractivity contribution is 0.265. The van der Waals surface area contributed by atoms with Crippen LogP contribution in [0.5, 0.6) is 0 Å². The first kappa shape index (κ1) is 14.2. The predicted octanol–water partition coefficient (Wildman–Crippen LogP) is -0.126. The van der Waals surface area contributed by atoms with Gasteiger partial charge in [-0.1, -0.05) is 0 Å². The van der Waals surface area contributed by atoms with Gasteiger partial charge in [0.15, 0.2) is 9.84 Å². The molecule has 0 amide bonds. The third-order valence-corrected chi connectivity index (χ3v) is 4.49. The summed E-state index contributed by atoms with van der Waals surface area (Å²) in [6.45, 7) is 5.76. The number of hydrogen-bond acceptors (Lipinski definition) is 4. The minimum absolute atomic E-state index is 0. The van der Waals surface area contributed by atoms with Crippen molar-refractivity contribution in [1.29, 1.82) is 0 Å². The maximum atomic E-state index is 11.4. The van der Waals surface area contributed by atoms with E-state index in [9.17, 15) is 8.42 Å². The van der Waals surface area contributed by atoms with E-state index in [2.05, 4.69) is 4.90 Å². The third-order valence-electron chi connectivity index (χ3n) is 2.37. The standard InChI is InChI=1S/C8H18N2O2S.ClH/c1-7(9)5-10-3-4-13(11,12)8(2)6-10;/h7-8H,3-6,9H2,1-2H3;1H.